The molecule has 1 fully saturated rings. The van der Waals surface area contributed by atoms with Crippen molar-refractivity contribution in [2.45, 2.75) is 32.6 Å². The summed E-state index contributed by atoms with van der Waals surface area (Å²) in [7, 11) is 0. The first-order valence-electron chi connectivity index (χ1n) is 6.31. The van der Waals surface area contributed by atoms with E-state index >= 15 is 0 Å². The molecular formula is C13H18N4. The van der Waals surface area contributed by atoms with Crippen molar-refractivity contribution in [2.75, 3.05) is 18.0 Å². The minimum absolute atomic E-state index is 0.446. The Morgan fingerprint density at radius 3 is 2.71 bits per heavy atom. The van der Waals surface area contributed by atoms with Crippen LogP contribution >= 0.6 is 0 Å². The van der Waals surface area contributed by atoms with Crippen LogP contribution in [0.15, 0.2) is 12.4 Å². The Kier molecular flexibility index (Phi) is 3.92. The van der Waals surface area contributed by atoms with Crippen LogP contribution in [0.4, 0.5) is 5.82 Å². The highest BCUT2D eigenvalue weighted by molar-refractivity contribution is 5.49. The van der Waals surface area contributed by atoms with Crippen LogP contribution in [-0.2, 0) is 0 Å². The first kappa shape index (κ1) is 11.8. The largest absolute Gasteiger partial charge is 0.354 e. The summed E-state index contributed by atoms with van der Waals surface area (Å²) in [4.78, 5) is 10.5. The molecule has 4 nitrogen and oxygen atoms in total. The Bertz CT molecular complexity index is 402. The Labute approximate surface area is 102 Å². The molecule has 0 N–H and O–H groups in total. The van der Waals surface area contributed by atoms with E-state index in [0.717, 1.165) is 24.8 Å². The van der Waals surface area contributed by atoms with Gasteiger partial charge in [0.25, 0.3) is 0 Å². The molecular weight excluding hydrogens is 212 g/mol. The fraction of sp³-hybridized carbons (Fsp3) is 0.615. The molecule has 0 aromatic carbocycles. The number of anilines is 1. The maximum absolute atomic E-state index is 9.01. The van der Waals surface area contributed by atoms with Gasteiger partial charge in [-0.05, 0) is 18.8 Å². The highest BCUT2D eigenvalue weighted by atomic mass is 15.2. The monoisotopic (exact) mass is 230 g/mol. The minimum atomic E-state index is 0.446. The van der Waals surface area contributed by atoms with Crippen molar-refractivity contribution in [3.8, 4) is 6.07 Å². The molecule has 90 valence electrons. The molecule has 1 saturated heterocycles. The first-order chi connectivity index (χ1) is 8.35. The molecule has 0 radical (unpaired) electrons. The highest BCUT2D eigenvalue weighted by Crippen LogP contribution is 2.25. The summed E-state index contributed by atoms with van der Waals surface area (Å²) in [5, 5.41) is 9.01. The zero-order chi connectivity index (χ0) is 12.1. The molecule has 0 saturated carbocycles. The van der Waals surface area contributed by atoms with E-state index in [1.54, 1.807) is 12.4 Å². The van der Waals surface area contributed by atoms with Gasteiger partial charge in [-0.1, -0.05) is 19.8 Å². The minimum Gasteiger partial charge on any atom is -0.354 e. The first-order valence-corrected chi connectivity index (χ1v) is 6.31. The average molecular weight is 230 g/mol. The lowest BCUT2D eigenvalue weighted by Gasteiger charge is -2.32. The maximum Gasteiger partial charge on any atom is 0.183 e. The smallest absolute Gasteiger partial charge is 0.183 e. The number of nitrogens with zero attached hydrogens (tertiary/aromatic N) is 4. The summed E-state index contributed by atoms with van der Waals surface area (Å²) >= 11 is 0. The number of piperidine rings is 1. The molecule has 0 spiro atoms. The topological polar surface area (TPSA) is 52.8 Å². The Morgan fingerprint density at radius 1 is 1.35 bits per heavy atom. The third-order valence-electron chi connectivity index (χ3n) is 3.40. The van der Waals surface area contributed by atoms with Gasteiger partial charge in [0, 0.05) is 25.5 Å². The summed E-state index contributed by atoms with van der Waals surface area (Å²) in [6.45, 7) is 4.24. The van der Waals surface area contributed by atoms with E-state index in [1.165, 1.54) is 25.7 Å². The van der Waals surface area contributed by atoms with Crippen molar-refractivity contribution in [1.29, 1.82) is 5.26 Å². The molecule has 2 heterocycles. The van der Waals surface area contributed by atoms with Crippen molar-refractivity contribution in [2.24, 2.45) is 5.92 Å². The standard InChI is InChI=1S/C13H18N4/c1-2-3-11-4-8-17(9-5-11)13-12(10-14)15-6-7-16-13/h6-7,11H,2-5,8-9H2,1H3. The van der Waals surface area contributed by atoms with E-state index in [-0.39, 0.29) is 0 Å². The van der Waals surface area contributed by atoms with Crippen molar-refractivity contribution < 1.29 is 0 Å². The van der Waals surface area contributed by atoms with Gasteiger partial charge in [-0.2, -0.15) is 5.26 Å². The molecule has 0 bridgehead atoms. The molecule has 0 unspecified atom stereocenters. The van der Waals surface area contributed by atoms with E-state index in [2.05, 4.69) is 27.9 Å². The zero-order valence-corrected chi connectivity index (χ0v) is 10.3. The zero-order valence-electron chi connectivity index (χ0n) is 10.3. The normalized spacial score (nSPS) is 16.8. The van der Waals surface area contributed by atoms with Crippen LogP contribution in [0.1, 0.15) is 38.3 Å². The molecule has 1 aliphatic rings. The highest BCUT2D eigenvalue weighted by Gasteiger charge is 2.21. The molecule has 2 rings (SSSR count). The second-order valence-corrected chi connectivity index (χ2v) is 4.56. The number of rotatable bonds is 3. The predicted octanol–water partition coefficient (Wildman–Crippen LogP) is 2.36. The van der Waals surface area contributed by atoms with Gasteiger partial charge in [-0.25, -0.2) is 9.97 Å². The van der Waals surface area contributed by atoms with E-state index in [1.807, 2.05) is 0 Å². The van der Waals surface area contributed by atoms with E-state index in [0.29, 0.717) is 5.69 Å². The van der Waals surface area contributed by atoms with Crippen LogP contribution in [0.25, 0.3) is 0 Å². The quantitative estimate of drug-likeness (QED) is 0.800. The molecule has 4 heteroatoms. The van der Waals surface area contributed by atoms with Crippen LogP contribution in [0.5, 0.6) is 0 Å². The second-order valence-electron chi connectivity index (χ2n) is 4.56. The summed E-state index contributed by atoms with van der Waals surface area (Å²) < 4.78 is 0. The molecule has 17 heavy (non-hydrogen) atoms. The number of nitriles is 1. The molecule has 1 aromatic heterocycles. The molecule has 1 aliphatic heterocycles. The van der Waals surface area contributed by atoms with Crippen molar-refractivity contribution in [1.82, 2.24) is 9.97 Å². The number of hydrogen-bond acceptors (Lipinski definition) is 4. The van der Waals surface area contributed by atoms with Gasteiger partial charge in [-0.3, -0.25) is 0 Å². The van der Waals surface area contributed by atoms with Gasteiger partial charge in [0.1, 0.15) is 6.07 Å². The second kappa shape index (κ2) is 5.62. The van der Waals surface area contributed by atoms with E-state index in [9.17, 15) is 0 Å². The van der Waals surface area contributed by atoms with E-state index < -0.39 is 0 Å². The van der Waals surface area contributed by atoms with E-state index in [4.69, 9.17) is 5.26 Å². The molecule has 1 aromatic rings. The Balaban J connectivity index is 2.03. The van der Waals surface area contributed by atoms with Gasteiger partial charge < -0.3 is 4.90 Å². The summed E-state index contributed by atoms with van der Waals surface area (Å²) in [6, 6.07) is 2.11. The van der Waals surface area contributed by atoms with Crippen LogP contribution in [0, 0.1) is 17.2 Å². The van der Waals surface area contributed by atoms with Gasteiger partial charge in [0.2, 0.25) is 0 Å². The average Bonchev–Trinajstić information content (AvgIpc) is 2.40. The third-order valence-corrected chi connectivity index (χ3v) is 3.40. The van der Waals surface area contributed by atoms with Crippen LogP contribution < -0.4 is 4.90 Å². The SMILES string of the molecule is CCCC1CCN(c2nccnc2C#N)CC1. The van der Waals surface area contributed by atoms with Crippen LogP contribution in [0.2, 0.25) is 0 Å². The fourth-order valence-electron chi connectivity index (χ4n) is 2.48. The Hall–Kier alpha value is -1.63. The lowest BCUT2D eigenvalue weighted by Crippen LogP contribution is -2.34. The third kappa shape index (κ3) is 2.73. The summed E-state index contributed by atoms with van der Waals surface area (Å²) in [6.07, 6.45) is 8.23. The van der Waals surface area contributed by atoms with Crippen LogP contribution in [0.3, 0.4) is 0 Å². The lowest BCUT2D eigenvalue weighted by atomic mass is 9.92. The fourth-order valence-corrected chi connectivity index (χ4v) is 2.48. The Morgan fingerprint density at radius 2 is 2.06 bits per heavy atom. The lowest BCUT2D eigenvalue weighted by molar-refractivity contribution is 0.377. The predicted molar refractivity (Wildman–Crippen MR) is 66.6 cm³/mol. The van der Waals surface area contributed by atoms with Crippen LogP contribution in [-0.4, -0.2) is 23.1 Å². The molecule has 0 atom stereocenters. The maximum atomic E-state index is 9.01. The summed E-state index contributed by atoms with van der Waals surface area (Å²) in [5.41, 5.74) is 0.446. The van der Waals surface area contributed by atoms with Gasteiger partial charge in [0.15, 0.2) is 11.5 Å². The van der Waals surface area contributed by atoms with Crippen molar-refractivity contribution in [3.05, 3.63) is 18.1 Å². The molecule has 0 amide bonds. The van der Waals surface area contributed by atoms with Gasteiger partial charge in [-0.15, -0.1) is 0 Å². The van der Waals surface area contributed by atoms with Gasteiger partial charge >= 0.3 is 0 Å². The summed E-state index contributed by atoms with van der Waals surface area (Å²) in [5.74, 6) is 1.60. The molecule has 0 aliphatic carbocycles. The van der Waals surface area contributed by atoms with Gasteiger partial charge in [0.05, 0.1) is 0 Å². The number of hydrogen-bond donors (Lipinski definition) is 0. The number of aromatic nitrogens is 2. The van der Waals surface area contributed by atoms with Crippen molar-refractivity contribution in [3.63, 3.8) is 0 Å². The van der Waals surface area contributed by atoms with Crippen molar-refractivity contribution >= 4 is 5.82 Å².